The third-order valence-corrected chi connectivity index (χ3v) is 7.87. The van der Waals surface area contributed by atoms with Gasteiger partial charge >= 0.3 is 11.6 Å². The van der Waals surface area contributed by atoms with Crippen LogP contribution in [0.4, 0.5) is 0 Å². The lowest BCUT2D eigenvalue weighted by atomic mass is 9.49. The molecule has 0 atom stereocenters. The van der Waals surface area contributed by atoms with Crippen molar-refractivity contribution in [2.24, 2.45) is 23.2 Å². The van der Waals surface area contributed by atoms with Crippen LogP contribution in [0, 0.1) is 23.2 Å². The molecule has 2 aromatic rings. The Bertz CT molecular complexity index is 996. The van der Waals surface area contributed by atoms with E-state index in [-0.39, 0.29) is 23.6 Å². The van der Waals surface area contributed by atoms with Crippen molar-refractivity contribution in [3.63, 3.8) is 0 Å². The number of ether oxygens (including phenoxy) is 1. The Kier molecular flexibility index (Phi) is 3.57. The van der Waals surface area contributed by atoms with Crippen LogP contribution in [0.2, 0.25) is 0 Å². The van der Waals surface area contributed by atoms with Gasteiger partial charge in [0, 0.05) is 17.0 Å². The molecule has 4 nitrogen and oxygen atoms in total. The average Bonchev–Trinajstić information content (AvgIpc) is 3.10. The van der Waals surface area contributed by atoms with E-state index in [9.17, 15) is 9.59 Å². The van der Waals surface area contributed by atoms with Gasteiger partial charge in [-0.15, -0.1) is 0 Å². The molecule has 4 bridgehead atoms. The van der Waals surface area contributed by atoms with Gasteiger partial charge < -0.3 is 9.15 Å². The molecule has 1 aromatic heterocycles. The number of rotatable bonds is 3. The molecule has 0 saturated heterocycles. The molecule has 1 aromatic carbocycles. The van der Waals surface area contributed by atoms with Crippen LogP contribution >= 0.6 is 0 Å². The fraction of sp³-hybridized carbons (Fsp3) is 0.583. The molecule has 4 heteroatoms. The van der Waals surface area contributed by atoms with E-state index in [1.165, 1.54) is 36.5 Å². The van der Waals surface area contributed by atoms with Gasteiger partial charge in [-0.25, -0.2) is 4.79 Å². The molecular weight excluding hydrogens is 352 g/mol. The minimum absolute atomic E-state index is 0.0332. The van der Waals surface area contributed by atoms with Crippen molar-refractivity contribution in [1.82, 2.24) is 0 Å². The minimum atomic E-state index is -0.369. The highest BCUT2D eigenvalue weighted by atomic mass is 16.5. The summed E-state index contributed by atoms with van der Waals surface area (Å²) in [6, 6.07) is 5.63. The van der Waals surface area contributed by atoms with Crippen molar-refractivity contribution >= 4 is 16.9 Å². The minimum Gasteiger partial charge on any atom is -0.460 e. The van der Waals surface area contributed by atoms with Gasteiger partial charge in [0.15, 0.2) is 0 Å². The number of hydrogen-bond acceptors (Lipinski definition) is 4. The van der Waals surface area contributed by atoms with E-state index < -0.39 is 0 Å². The number of carbonyl (C=O) groups is 1. The number of aryl methyl sites for hydroxylation is 2. The first-order valence-electron chi connectivity index (χ1n) is 10.8. The first-order chi connectivity index (χ1) is 13.6. The molecule has 0 radical (unpaired) electrons. The highest BCUT2D eigenvalue weighted by Crippen LogP contribution is 2.60. The summed E-state index contributed by atoms with van der Waals surface area (Å²) in [7, 11) is 0. The van der Waals surface area contributed by atoms with Gasteiger partial charge in [-0.1, -0.05) is 0 Å². The summed E-state index contributed by atoms with van der Waals surface area (Å²) < 4.78 is 11.3. The maximum atomic E-state index is 13.2. The van der Waals surface area contributed by atoms with Crippen LogP contribution in [-0.2, 0) is 29.0 Å². The van der Waals surface area contributed by atoms with Gasteiger partial charge in [0.2, 0.25) is 0 Å². The van der Waals surface area contributed by atoms with Gasteiger partial charge in [-0.2, -0.15) is 0 Å². The van der Waals surface area contributed by atoms with E-state index in [0.29, 0.717) is 23.3 Å². The molecule has 4 saturated carbocycles. The number of carbonyl (C=O) groups excluding carboxylic acids is 1. The average molecular weight is 378 g/mol. The Hall–Kier alpha value is -2.10. The molecule has 0 aliphatic heterocycles. The lowest BCUT2D eigenvalue weighted by Gasteiger charge is -2.55. The molecule has 7 rings (SSSR count). The van der Waals surface area contributed by atoms with Crippen LogP contribution in [0.25, 0.3) is 11.0 Å². The monoisotopic (exact) mass is 378 g/mol. The second kappa shape index (κ2) is 5.95. The Balaban J connectivity index is 1.28. The van der Waals surface area contributed by atoms with E-state index >= 15 is 0 Å². The second-order valence-electron chi connectivity index (χ2n) is 9.84. The zero-order valence-electron chi connectivity index (χ0n) is 16.2. The SMILES string of the molecule is O=C(OCc1cc(=O)oc2cc3c(cc12)CCC3)C12CC3CC(CC(C3)C1)C2. The molecular formula is C24H26O4. The predicted octanol–water partition coefficient (Wildman–Crippen LogP) is 4.54. The van der Waals surface area contributed by atoms with Crippen LogP contribution in [0.15, 0.2) is 27.4 Å². The van der Waals surface area contributed by atoms with Crippen LogP contribution in [0.5, 0.6) is 0 Å². The van der Waals surface area contributed by atoms with Crippen LogP contribution in [-0.4, -0.2) is 5.97 Å². The highest BCUT2D eigenvalue weighted by Gasteiger charge is 2.55. The Morgan fingerprint density at radius 2 is 1.64 bits per heavy atom. The predicted molar refractivity (Wildman–Crippen MR) is 105 cm³/mol. The molecule has 1 heterocycles. The van der Waals surface area contributed by atoms with E-state index in [4.69, 9.17) is 9.15 Å². The van der Waals surface area contributed by atoms with E-state index in [1.807, 2.05) is 6.07 Å². The first kappa shape index (κ1) is 16.8. The third-order valence-electron chi connectivity index (χ3n) is 7.87. The molecule has 146 valence electrons. The summed E-state index contributed by atoms with van der Waals surface area (Å²) in [5, 5.41) is 0.915. The third kappa shape index (κ3) is 2.57. The molecule has 0 spiro atoms. The van der Waals surface area contributed by atoms with Gasteiger partial charge in [-0.05, 0) is 98.8 Å². The zero-order chi connectivity index (χ0) is 18.9. The van der Waals surface area contributed by atoms with Crippen molar-refractivity contribution < 1.29 is 13.9 Å². The second-order valence-corrected chi connectivity index (χ2v) is 9.84. The fourth-order valence-corrected chi connectivity index (χ4v) is 7.07. The topological polar surface area (TPSA) is 56.5 Å². The Morgan fingerprint density at radius 3 is 2.32 bits per heavy atom. The highest BCUT2D eigenvalue weighted by molar-refractivity contribution is 5.83. The van der Waals surface area contributed by atoms with Crippen LogP contribution in [0.3, 0.4) is 0 Å². The standard InChI is InChI=1S/C24H26O4/c25-22-9-19(20-7-17-2-1-3-18(17)8-21(20)28-22)13-27-23(26)24-10-14-4-15(11-24)6-16(5-14)12-24/h7-9,14-16H,1-6,10-13H2. The number of fused-ring (bicyclic) bond motifs is 2. The summed E-state index contributed by atoms with van der Waals surface area (Å²) in [5.74, 6) is 2.11. The van der Waals surface area contributed by atoms with Crippen molar-refractivity contribution in [2.75, 3.05) is 0 Å². The number of esters is 1. The Labute approximate surface area is 164 Å². The van der Waals surface area contributed by atoms with Crippen LogP contribution < -0.4 is 5.63 Å². The number of benzene rings is 1. The molecule has 0 N–H and O–H groups in total. The van der Waals surface area contributed by atoms with E-state index in [0.717, 1.165) is 49.5 Å². The summed E-state index contributed by atoms with van der Waals surface area (Å²) in [6.45, 7) is 0.168. The molecule has 5 aliphatic rings. The summed E-state index contributed by atoms with van der Waals surface area (Å²) in [5.41, 5.74) is 3.37. The molecule has 0 unspecified atom stereocenters. The van der Waals surface area contributed by atoms with Gasteiger partial charge in [0.05, 0.1) is 5.41 Å². The zero-order valence-corrected chi connectivity index (χ0v) is 16.2. The fourth-order valence-electron chi connectivity index (χ4n) is 7.07. The molecule has 5 aliphatic carbocycles. The summed E-state index contributed by atoms with van der Waals surface area (Å²) in [6.07, 6.45) is 10.2. The molecule has 28 heavy (non-hydrogen) atoms. The van der Waals surface area contributed by atoms with Gasteiger partial charge in [0.25, 0.3) is 0 Å². The van der Waals surface area contributed by atoms with Crippen LogP contribution in [0.1, 0.15) is 61.6 Å². The van der Waals surface area contributed by atoms with Crippen molar-refractivity contribution in [3.8, 4) is 0 Å². The van der Waals surface area contributed by atoms with E-state index in [1.54, 1.807) is 0 Å². The smallest absolute Gasteiger partial charge is 0.336 e. The summed E-state index contributed by atoms with van der Waals surface area (Å²) >= 11 is 0. The van der Waals surface area contributed by atoms with Gasteiger partial charge in [-0.3, -0.25) is 4.79 Å². The lowest BCUT2D eigenvalue weighted by Crippen LogP contribution is -2.50. The number of hydrogen-bond donors (Lipinski definition) is 0. The van der Waals surface area contributed by atoms with E-state index in [2.05, 4.69) is 6.07 Å². The quantitative estimate of drug-likeness (QED) is 0.581. The van der Waals surface area contributed by atoms with Crippen molar-refractivity contribution in [1.29, 1.82) is 0 Å². The largest absolute Gasteiger partial charge is 0.460 e. The summed E-state index contributed by atoms with van der Waals surface area (Å²) in [4.78, 5) is 25.2. The van der Waals surface area contributed by atoms with Gasteiger partial charge in [0.1, 0.15) is 12.2 Å². The lowest BCUT2D eigenvalue weighted by molar-refractivity contribution is -0.172. The maximum Gasteiger partial charge on any atom is 0.336 e. The maximum absolute atomic E-state index is 13.2. The normalized spacial score (nSPS) is 32.6. The Morgan fingerprint density at radius 1 is 1.00 bits per heavy atom. The van der Waals surface area contributed by atoms with Crippen molar-refractivity contribution in [3.05, 3.63) is 45.3 Å². The molecule has 4 fully saturated rings. The first-order valence-corrected chi connectivity index (χ1v) is 10.8. The van der Waals surface area contributed by atoms with Crippen molar-refractivity contribution in [2.45, 2.75) is 64.4 Å². The molecule has 0 amide bonds.